The standard InChI is InChI=1S/C15H20N2O3/c1-2-17(8-7-14(18)19)15(20)13-9-11-5-3-4-6-12(11)10-16-13/h3-6,13,16H,2,7-10H2,1H3,(H,18,19)/t13-/m1/s1. The predicted octanol–water partition coefficient (Wildman–Crippen LogP) is 1.02. The van der Waals surface area contributed by atoms with Gasteiger partial charge in [0.15, 0.2) is 0 Å². The lowest BCUT2D eigenvalue weighted by Gasteiger charge is -2.30. The Hall–Kier alpha value is -1.88. The zero-order valence-electron chi connectivity index (χ0n) is 11.6. The molecule has 1 atom stereocenters. The van der Waals surface area contributed by atoms with Crippen LogP contribution in [0.1, 0.15) is 24.5 Å². The van der Waals surface area contributed by atoms with Crippen LogP contribution in [0.4, 0.5) is 0 Å². The second-order valence-electron chi connectivity index (χ2n) is 4.97. The molecule has 108 valence electrons. The molecule has 0 spiro atoms. The Labute approximate surface area is 118 Å². The van der Waals surface area contributed by atoms with E-state index in [1.165, 1.54) is 11.1 Å². The minimum atomic E-state index is -0.877. The van der Waals surface area contributed by atoms with Crippen molar-refractivity contribution in [2.75, 3.05) is 13.1 Å². The summed E-state index contributed by atoms with van der Waals surface area (Å²) in [6.07, 6.45) is 0.654. The number of nitrogens with one attached hydrogen (secondary N) is 1. The van der Waals surface area contributed by atoms with Crippen molar-refractivity contribution < 1.29 is 14.7 Å². The molecule has 0 saturated carbocycles. The number of likely N-dealkylation sites (N-methyl/N-ethyl adjacent to an activating group) is 1. The van der Waals surface area contributed by atoms with Gasteiger partial charge in [0.2, 0.25) is 5.91 Å². The Morgan fingerprint density at radius 1 is 1.35 bits per heavy atom. The van der Waals surface area contributed by atoms with Gasteiger partial charge in [0, 0.05) is 19.6 Å². The first kappa shape index (κ1) is 14.5. The zero-order valence-corrected chi connectivity index (χ0v) is 11.6. The summed E-state index contributed by atoms with van der Waals surface area (Å²) >= 11 is 0. The minimum Gasteiger partial charge on any atom is -0.481 e. The number of aliphatic carboxylic acids is 1. The van der Waals surface area contributed by atoms with Gasteiger partial charge in [-0.3, -0.25) is 9.59 Å². The van der Waals surface area contributed by atoms with E-state index in [1.54, 1.807) is 4.90 Å². The molecule has 20 heavy (non-hydrogen) atoms. The van der Waals surface area contributed by atoms with Crippen molar-refractivity contribution in [2.24, 2.45) is 0 Å². The zero-order chi connectivity index (χ0) is 14.5. The predicted molar refractivity (Wildman–Crippen MR) is 75.3 cm³/mol. The lowest BCUT2D eigenvalue weighted by molar-refractivity contribution is -0.139. The van der Waals surface area contributed by atoms with Crippen molar-refractivity contribution in [1.82, 2.24) is 10.2 Å². The highest BCUT2D eigenvalue weighted by Gasteiger charge is 2.27. The van der Waals surface area contributed by atoms with Crippen molar-refractivity contribution in [3.63, 3.8) is 0 Å². The number of hydrogen-bond donors (Lipinski definition) is 2. The summed E-state index contributed by atoms with van der Waals surface area (Å²) < 4.78 is 0. The maximum absolute atomic E-state index is 12.4. The number of nitrogens with zero attached hydrogens (tertiary/aromatic N) is 1. The molecule has 0 unspecified atom stereocenters. The van der Waals surface area contributed by atoms with Crippen LogP contribution < -0.4 is 5.32 Å². The molecule has 1 heterocycles. The fraction of sp³-hybridized carbons (Fsp3) is 0.467. The normalized spacial score (nSPS) is 17.4. The molecular weight excluding hydrogens is 256 g/mol. The van der Waals surface area contributed by atoms with Gasteiger partial charge in [0.1, 0.15) is 0 Å². The smallest absolute Gasteiger partial charge is 0.305 e. The Bertz CT molecular complexity index is 502. The van der Waals surface area contributed by atoms with E-state index in [9.17, 15) is 9.59 Å². The van der Waals surface area contributed by atoms with Crippen molar-refractivity contribution in [2.45, 2.75) is 32.4 Å². The molecule has 2 N–H and O–H groups in total. The van der Waals surface area contributed by atoms with Crippen molar-refractivity contribution in [3.05, 3.63) is 35.4 Å². The van der Waals surface area contributed by atoms with Crippen LogP contribution in [-0.4, -0.2) is 41.0 Å². The summed E-state index contributed by atoms with van der Waals surface area (Å²) in [7, 11) is 0. The molecule has 1 aromatic carbocycles. The maximum atomic E-state index is 12.4. The molecule has 0 saturated heterocycles. The number of carboxylic acids is 1. The van der Waals surface area contributed by atoms with Gasteiger partial charge in [-0.15, -0.1) is 0 Å². The van der Waals surface area contributed by atoms with E-state index in [0.717, 1.165) is 0 Å². The topological polar surface area (TPSA) is 69.6 Å². The summed E-state index contributed by atoms with van der Waals surface area (Å²) in [6.45, 7) is 3.36. The van der Waals surface area contributed by atoms with Gasteiger partial charge in [-0.2, -0.15) is 0 Å². The molecule has 0 aliphatic carbocycles. The number of carbonyl (C=O) groups excluding carboxylic acids is 1. The molecule has 1 amide bonds. The summed E-state index contributed by atoms with van der Waals surface area (Å²) in [5.41, 5.74) is 2.42. The first-order chi connectivity index (χ1) is 9.61. The summed E-state index contributed by atoms with van der Waals surface area (Å²) in [6, 6.07) is 7.83. The summed E-state index contributed by atoms with van der Waals surface area (Å²) in [4.78, 5) is 24.7. The van der Waals surface area contributed by atoms with E-state index in [-0.39, 0.29) is 24.9 Å². The second-order valence-corrected chi connectivity index (χ2v) is 4.97. The quantitative estimate of drug-likeness (QED) is 0.842. The number of fused-ring (bicyclic) bond motifs is 1. The molecule has 0 fully saturated rings. The van der Waals surface area contributed by atoms with Crippen LogP contribution in [0, 0.1) is 0 Å². The lowest BCUT2D eigenvalue weighted by atomic mass is 9.95. The van der Waals surface area contributed by atoms with Crippen LogP contribution in [-0.2, 0) is 22.6 Å². The van der Waals surface area contributed by atoms with E-state index >= 15 is 0 Å². The van der Waals surface area contributed by atoms with E-state index in [0.29, 0.717) is 19.5 Å². The number of benzene rings is 1. The van der Waals surface area contributed by atoms with Crippen LogP contribution in [0.25, 0.3) is 0 Å². The molecule has 1 aromatic rings. The molecule has 1 aliphatic rings. The molecule has 0 radical (unpaired) electrons. The maximum Gasteiger partial charge on any atom is 0.305 e. The van der Waals surface area contributed by atoms with Crippen molar-refractivity contribution in [1.29, 1.82) is 0 Å². The number of carboxylic acid groups (broad SMARTS) is 1. The van der Waals surface area contributed by atoms with Crippen LogP contribution in [0.5, 0.6) is 0 Å². The molecule has 5 nitrogen and oxygen atoms in total. The lowest BCUT2D eigenvalue weighted by Crippen LogP contribution is -2.49. The van der Waals surface area contributed by atoms with Crippen LogP contribution >= 0.6 is 0 Å². The Balaban J connectivity index is 2.01. The molecule has 0 bridgehead atoms. The second kappa shape index (κ2) is 6.52. The fourth-order valence-corrected chi connectivity index (χ4v) is 2.50. The van der Waals surface area contributed by atoms with Crippen LogP contribution in [0.3, 0.4) is 0 Å². The first-order valence-electron chi connectivity index (χ1n) is 6.92. The third kappa shape index (κ3) is 3.36. The minimum absolute atomic E-state index is 0.0109. The largest absolute Gasteiger partial charge is 0.481 e. The van der Waals surface area contributed by atoms with E-state index in [4.69, 9.17) is 5.11 Å². The average Bonchev–Trinajstić information content (AvgIpc) is 2.47. The molecular formula is C15H20N2O3. The number of rotatable bonds is 5. The first-order valence-corrected chi connectivity index (χ1v) is 6.92. The molecule has 2 rings (SSSR count). The third-order valence-electron chi connectivity index (χ3n) is 3.67. The van der Waals surface area contributed by atoms with E-state index in [2.05, 4.69) is 11.4 Å². The molecule has 5 heteroatoms. The van der Waals surface area contributed by atoms with Gasteiger partial charge >= 0.3 is 5.97 Å². The Morgan fingerprint density at radius 2 is 2.05 bits per heavy atom. The van der Waals surface area contributed by atoms with Crippen LogP contribution in [0.15, 0.2) is 24.3 Å². The highest BCUT2D eigenvalue weighted by atomic mass is 16.4. The van der Waals surface area contributed by atoms with Crippen LogP contribution in [0.2, 0.25) is 0 Å². The van der Waals surface area contributed by atoms with Gasteiger partial charge in [-0.05, 0) is 24.5 Å². The number of amides is 1. The van der Waals surface area contributed by atoms with E-state index in [1.807, 2.05) is 25.1 Å². The monoisotopic (exact) mass is 276 g/mol. The SMILES string of the molecule is CCN(CCC(=O)O)C(=O)[C@H]1Cc2ccccc2CN1. The van der Waals surface area contributed by atoms with Gasteiger partial charge in [0.25, 0.3) is 0 Å². The van der Waals surface area contributed by atoms with Gasteiger partial charge in [-0.25, -0.2) is 0 Å². The van der Waals surface area contributed by atoms with Gasteiger partial charge in [0.05, 0.1) is 12.5 Å². The van der Waals surface area contributed by atoms with Gasteiger partial charge in [-0.1, -0.05) is 24.3 Å². The highest BCUT2D eigenvalue weighted by molar-refractivity contribution is 5.83. The third-order valence-corrected chi connectivity index (χ3v) is 3.67. The number of carbonyl (C=O) groups is 2. The van der Waals surface area contributed by atoms with Crippen molar-refractivity contribution in [3.8, 4) is 0 Å². The molecule has 0 aromatic heterocycles. The van der Waals surface area contributed by atoms with E-state index < -0.39 is 5.97 Å². The Kier molecular flexibility index (Phi) is 4.74. The average molecular weight is 276 g/mol. The summed E-state index contributed by atoms with van der Waals surface area (Å²) in [5.74, 6) is -0.888. The van der Waals surface area contributed by atoms with Gasteiger partial charge < -0.3 is 15.3 Å². The Morgan fingerprint density at radius 3 is 2.70 bits per heavy atom. The van der Waals surface area contributed by atoms with Crippen molar-refractivity contribution >= 4 is 11.9 Å². The summed E-state index contributed by atoms with van der Waals surface area (Å²) in [5, 5.41) is 12.0. The molecule has 1 aliphatic heterocycles. The fourth-order valence-electron chi connectivity index (χ4n) is 2.50. The highest BCUT2D eigenvalue weighted by Crippen LogP contribution is 2.17. The number of hydrogen-bond acceptors (Lipinski definition) is 3.